The molecule has 0 fully saturated rings. The van der Waals surface area contributed by atoms with E-state index >= 15 is 0 Å². The Morgan fingerprint density at radius 2 is 1.44 bits per heavy atom. The first kappa shape index (κ1) is 18.1. The summed E-state index contributed by atoms with van der Waals surface area (Å²) in [5.74, 6) is 0. The quantitative estimate of drug-likeness (QED) is 0.548. The third-order valence-corrected chi connectivity index (χ3v) is 1.72. The molecule has 0 saturated heterocycles. The minimum Gasteiger partial charge on any atom is -0.385 e. The fourth-order valence-electron chi connectivity index (χ4n) is 0.539. The standard InChI is InChI=1S/C7H7O.C5H12O2.Ru/c8-6-7-4-2-1-3-5-7;1-5(2,3)4(6)7;/h1-6,8H;4,6-7H,1-3H3;. The SMILES string of the molecule is CC(C)(C)C(O)O.O[CH]c1ccccc1.[Ru]. The van der Waals surface area contributed by atoms with Crippen LogP contribution in [0.4, 0.5) is 0 Å². The molecule has 0 bridgehead atoms. The van der Waals surface area contributed by atoms with Gasteiger partial charge in [-0.2, -0.15) is 0 Å². The largest absolute Gasteiger partial charge is 0.385 e. The molecule has 1 radical (unpaired) electrons. The van der Waals surface area contributed by atoms with Gasteiger partial charge in [-0.1, -0.05) is 51.1 Å². The molecule has 0 heterocycles. The smallest absolute Gasteiger partial charge is 0.156 e. The van der Waals surface area contributed by atoms with Crippen molar-refractivity contribution in [3.05, 3.63) is 42.5 Å². The van der Waals surface area contributed by atoms with Gasteiger partial charge in [0.1, 0.15) is 6.61 Å². The predicted octanol–water partition coefficient (Wildman–Crippen LogP) is 1.91. The summed E-state index contributed by atoms with van der Waals surface area (Å²) >= 11 is 0. The fraction of sp³-hybridized carbons (Fsp3) is 0.417. The van der Waals surface area contributed by atoms with Crippen LogP contribution in [0.5, 0.6) is 0 Å². The first-order chi connectivity index (χ1) is 6.88. The average Bonchev–Trinajstić information content (AvgIpc) is 2.18. The predicted molar refractivity (Wildman–Crippen MR) is 59.5 cm³/mol. The summed E-state index contributed by atoms with van der Waals surface area (Å²) in [5, 5.41) is 25.3. The van der Waals surface area contributed by atoms with Crippen LogP contribution in [0, 0.1) is 12.0 Å². The molecule has 16 heavy (non-hydrogen) atoms. The number of hydrogen-bond acceptors (Lipinski definition) is 3. The molecular formula is C12H19O3Ru. The molecule has 3 N–H and O–H groups in total. The van der Waals surface area contributed by atoms with Crippen molar-refractivity contribution in [1.82, 2.24) is 0 Å². The van der Waals surface area contributed by atoms with Gasteiger partial charge in [-0.05, 0) is 5.56 Å². The molecular weight excluding hydrogens is 293 g/mol. The van der Waals surface area contributed by atoms with E-state index in [4.69, 9.17) is 15.3 Å². The molecule has 0 spiro atoms. The molecule has 93 valence electrons. The molecule has 1 aromatic carbocycles. The molecule has 0 aliphatic rings. The van der Waals surface area contributed by atoms with Crippen LogP contribution in [0.1, 0.15) is 26.3 Å². The normalized spacial score (nSPS) is 10.2. The molecule has 0 aromatic heterocycles. The van der Waals surface area contributed by atoms with Crippen LogP contribution < -0.4 is 0 Å². The monoisotopic (exact) mass is 313 g/mol. The van der Waals surface area contributed by atoms with Crippen molar-refractivity contribution < 1.29 is 34.8 Å². The summed E-state index contributed by atoms with van der Waals surface area (Å²) < 4.78 is 0. The summed E-state index contributed by atoms with van der Waals surface area (Å²) in [7, 11) is 0. The fourth-order valence-corrected chi connectivity index (χ4v) is 0.539. The summed E-state index contributed by atoms with van der Waals surface area (Å²) in [6.45, 7) is 6.37. The number of rotatable bonds is 1. The maximum absolute atomic E-state index is 8.44. The minimum absolute atomic E-state index is 0. The number of hydrogen-bond donors (Lipinski definition) is 3. The van der Waals surface area contributed by atoms with E-state index in [1.54, 1.807) is 20.8 Å². The Bertz CT molecular complexity index is 255. The zero-order valence-electron chi connectivity index (χ0n) is 9.74. The Labute approximate surface area is 110 Å². The van der Waals surface area contributed by atoms with E-state index in [1.807, 2.05) is 30.3 Å². The van der Waals surface area contributed by atoms with E-state index in [2.05, 4.69) is 0 Å². The van der Waals surface area contributed by atoms with Crippen molar-refractivity contribution in [3.63, 3.8) is 0 Å². The van der Waals surface area contributed by atoms with Crippen molar-refractivity contribution in [3.8, 4) is 0 Å². The molecule has 1 aromatic rings. The summed E-state index contributed by atoms with van der Waals surface area (Å²) in [5.41, 5.74) is 0.451. The molecule has 0 aliphatic carbocycles. The van der Waals surface area contributed by atoms with Crippen LogP contribution in [0.3, 0.4) is 0 Å². The van der Waals surface area contributed by atoms with Crippen molar-refractivity contribution in [2.45, 2.75) is 27.1 Å². The molecule has 1 rings (SSSR count). The Morgan fingerprint density at radius 3 is 1.62 bits per heavy atom. The van der Waals surface area contributed by atoms with Crippen molar-refractivity contribution in [2.24, 2.45) is 5.41 Å². The molecule has 0 atom stereocenters. The van der Waals surface area contributed by atoms with Crippen LogP contribution in [-0.2, 0) is 19.5 Å². The van der Waals surface area contributed by atoms with Gasteiger partial charge in [0.2, 0.25) is 0 Å². The zero-order valence-corrected chi connectivity index (χ0v) is 11.5. The van der Waals surface area contributed by atoms with Gasteiger partial charge in [0.15, 0.2) is 6.29 Å². The second-order valence-corrected chi connectivity index (χ2v) is 4.28. The van der Waals surface area contributed by atoms with Crippen molar-refractivity contribution in [2.75, 3.05) is 0 Å². The van der Waals surface area contributed by atoms with Gasteiger partial charge in [-0.25, -0.2) is 0 Å². The van der Waals surface area contributed by atoms with Gasteiger partial charge in [-0.3, -0.25) is 0 Å². The van der Waals surface area contributed by atoms with Gasteiger partial charge in [0.05, 0.1) is 0 Å². The summed E-state index contributed by atoms with van der Waals surface area (Å²) in [6.07, 6.45) is -1.20. The molecule has 0 saturated carbocycles. The molecule has 0 unspecified atom stereocenters. The van der Waals surface area contributed by atoms with Gasteiger partial charge in [0.25, 0.3) is 0 Å². The zero-order chi connectivity index (χ0) is 11.9. The van der Waals surface area contributed by atoms with Crippen LogP contribution in [0.15, 0.2) is 30.3 Å². The Balaban J connectivity index is 0. The van der Waals surface area contributed by atoms with E-state index in [0.29, 0.717) is 0 Å². The molecule has 0 amide bonds. The van der Waals surface area contributed by atoms with E-state index in [1.165, 1.54) is 0 Å². The van der Waals surface area contributed by atoms with Gasteiger partial charge >= 0.3 is 0 Å². The van der Waals surface area contributed by atoms with Crippen LogP contribution in [0.25, 0.3) is 0 Å². The van der Waals surface area contributed by atoms with Crippen molar-refractivity contribution >= 4 is 0 Å². The minimum atomic E-state index is -1.20. The Hall–Kier alpha value is -0.277. The first-order valence-electron chi connectivity index (χ1n) is 4.76. The first-order valence-corrected chi connectivity index (χ1v) is 4.76. The summed E-state index contributed by atoms with van der Waals surface area (Å²) in [6, 6.07) is 9.33. The number of aliphatic hydroxyl groups is 3. The maximum atomic E-state index is 8.44. The van der Waals surface area contributed by atoms with Crippen LogP contribution in [0.2, 0.25) is 0 Å². The maximum Gasteiger partial charge on any atom is 0.156 e. The van der Waals surface area contributed by atoms with Crippen LogP contribution in [-0.4, -0.2) is 21.6 Å². The van der Waals surface area contributed by atoms with Gasteiger partial charge in [-0.15, -0.1) is 0 Å². The van der Waals surface area contributed by atoms with Crippen molar-refractivity contribution in [1.29, 1.82) is 0 Å². The van der Waals surface area contributed by atoms with E-state index in [0.717, 1.165) is 12.2 Å². The van der Waals surface area contributed by atoms with Crippen LogP contribution >= 0.6 is 0 Å². The Morgan fingerprint density at radius 1 is 1.06 bits per heavy atom. The van der Waals surface area contributed by atoms with Gasteiger partial charge < -0.3 is 15.3 Å². The third-order valence-electron chi connectivity index (χ3n) is 1.72. The van der Waals surface area contributed by atoms with Gasteiger partial charge in [0, 0.05) is 24.9 Å². The molecule has 0 aliphatic heterocycles. The second-order valence-electron chi connectivity index (χ2n) is 4.28. The van der Waals surface area contributed by atoms with E-state index in [9.17, 15) is 0 Å². The average molecular weight is 312 g/mol. The topological polar surface area (TPSA) is 60.7 Å². The second kappa shape index (κ2) is 8.83. The number of aliphatic hydroxyl groups excluding tert-OH is 2. The summed E-state index contributed by atoms with van der Waals surface area (Å²) in [4.78, 5) is 0. The molecule has 3 nitrogen and oxygen atoms in total. The number of benzene rings is 1. The Kier molecular flexibility index (Phi) is 9.99. The third kappa shape index (κ3) is 8.99. The molecule has 4 heteroatoms. The van der Waals surface area contributed by atoms with E-state index < -0.39 is 6.29 Å². The van der Waals surface area contributed by atoms with E-state index in [-0.39, 0.29) is 24.9 Å².